The third kappa shape index (κ3) is 2.40. The number of carbonyl (C=O) groups is 1. The number of carbonyl (C=O) groups excluding carboxylic acids is 1. The summed E-state index contributed by atoms with van der Waals surface area (Å²) in [6.45, 7) is 0. The summed E-state index contributed by atoms with van der Waals surface area (Å²) in [6, 6.07) is 8.88. The zero-order valence-electron chi connectivity index (χ0n) is 9.11. The number of nitrogens with zero attached hydrogens (tertiary/aromatic N) is 1. The molecule has 92 valence electrons. The van der Waals surface area contributed by atoms with Crippen molar-refractivity contribution in [2.75, 3.05) is 0 Å². The molecule has 5 heteroatoms. The Morgan fingerprint density at radius 3 is 2.33 bits per heavy atom. The molecule has 0 fully saturated rings. The SMILES string of the molecule is O=Cc1cc(C(F)(F)F)c(-c2ccccc2)cn1. The highest BCUT2D eigenvalue weighted by molar-refractivity contribution is 5.75. The number of aldehydes is 1. The summed E-state index contributed by atoms with van der Waals surface area (Å²) in [7, 11) is 0. The Hall–Kier alpha value is -2.17. The number of halogens is 3. The predicted octanol–water partition coefficient (Wildman–Crippen LogP) is 3.58. The van der Waals surface area contributed by atoms with Gasteiger partial charge in [-0.2, -0.15) is 13.2 Å². The van der Waals surface area contributed by atoms with E-state index in [9.17, 15) is 18.0 Å². The van der Waals surface area contributed by atoms with Crippen LogP contribution in [0.2, 0.25) is 0 Å². The second-order valence-corrected chi connectivity index (χ2v) is 3.64. The molecule has 1 heterocycles. The second kappa shape index (κ2) is 4.60. The van der Waals surface area contributed by atoms with Gasteiger partial charge in [0.1, 0.15) is 5.69 Å². The molecule has 18 heavy (non-hydrogen) atoms. The van der Waals surface area contributed by atoms with E-state index in [0.29, 0.717) is 11.8 Å². The molecule has 0 saturated carbocycles. The monoisotopic (exact) mass is 251 g/mol. The van der Waals surface area contributed by atoms with Crippen molar-refractivity contribution in [2.45, 2.75) is 6.18 Å². The minimum atomic E-state index is -4.52. The van der Waals surface area contributed by atoms with Gasteiger partial charge in [0.15, 0.2) is 6.29 Å². The highest BCUT2D eigenvalue weighted by Crippen LogP contribution is 2.36. The second-order valence-electron chi connectivity index (χ2n) is 3.64. The van der Waals surface area contributed by atoms with Gasteiger partial charge in [-0.3, -0.25) is 9.78 Å². The maximum Gasteiger partial charge on any atom is 0.417 e. The lowest BCUT2D eigenvalue weighted by atomic mass is 10.0. The molecule has 0 amide bonds. The number of rotatable bonds is 2. The number of benzene rings is 1. The van der Waals surface area contributed by atoms with Gasteiger partial charge in [-0.05, 0) is 11.6 Å². The predicted molar refractivity (Wildman–Crippen MR) is 60.1 cm³/mol. The summed E-state index contributed by atoms with van der Waals surface area (Å²) in [4.78, 5) is 14.2. The van der Waals surface area contributed by atoms with Crippen LogP contribution in [0.5, 0.6) is 0 Å². The third-order valence-electron chi connectivity index (χ3n) is 2.44. The molecule has 0 N–H and O–H groups in total. The summed E-state index contributed by atoms with van der Waals surface area (Å²) >= 11 is 0. The van der Waals surface area contributed by atoms with Crippen molar-refractivity contribution in [3.05, 3.63) is 53.9 Å². The van der Waals surface area contributed by atoms with Gasteiger partial charge in [-0.1, -0.05) is 30.3 Å². The van der Waals surface area contributed by atoms with E-state index < -0.39 is 11.7 Å². The molecule has 0 spiro atoms. The van der Waals surface area contributed by atoms with E-state index >= 15 is 0 Å². The van der Waals surface area contributed by atoms with Crippen molar-refractivity contribution in [1.29, 1.82) is 0 Å². The van der Waals surface area contributed by atoms with Gasteiger partial charge >= 0.3 is 6.18 Å². The smallest absolute Gasteiger partial charge is 0.296 e. The van der Waals surface area contributed by atoms with Crippen molar-refractivity contribution in [2.24, 2.45) is 0 Å². The quantitative estimate of drug-likeness (QED) is 0.763. The van der Waals surface area contributed by atoms with Crippen molar-refractivity contribution in [1.82, 2.24) is 4.98 Å². The van der Waals surface area contributed by atoms with Crippen LogP contribution >= 0.6 is 0 Å². The highest BCUT2D eigenvalue weighted by Gasteiger charge is 2.34. The Balaban J connectivity index is 2.64. The van der Waals surface area contributed by atoms with E-state index in [2.05, 4.69) is 4.98 Å². The lowest BCUT2D eigenvalue weighted by Gasteiger charge is -2.12. The zero-order chi connectivity index (χ0) is 13.2. The largest absolute Gasteiger partial charge is 0.417 e. The summed E-state index contributed by atoms with van der Waals surface area (Å²) in [5, 5.41) is 0. The minimum Gasteiger partial charge on any atom is -0.296 e. The first kappa shape index (κ1) is 12.3. The molecule has 0 unspecified atom stereocenters. The van der Waals surface area contributed by atoms with Crippen LogP contribution < -0.4 is 0 Å². The van der Waals surface area contributed by atoms with Crippen molar-refractivity contribution in [3.63, 3.8) is 0 Å². The number of hydrogen-bond donors (Lipinski definition) is 0. The average Bonchev–Trinajstić information content (AvgIpc) is 2.38. The van der Waals surface area contributed by atoms with Crippen molar-refractivity contribution in [3.8, 4) is 11.1 Å². The van der Waals surface area contributed by atoms with Crippen LogP contribution in [0.15, 0.2) is 42.6 Å². The van der Waals surface area contributed by atoms with Gasteiger partial charge in [0.2, 0.25) is 0 Å². The maximum absolute atomic E-state index is 12.9. The molecule has 0 bridgehead atoms. The summed E-state index contributed by atoms with van der Waals surface area (Å²) < 4.78 is 38.7. The van der Waals surface area contributed by atoms with Crippen molar-refractivity contribution >= 4 is 6.29 Å². The Morgan fingerprint density at radius 2 is 1.78 bits per heavy atom. The van der Waals surface area contributed by atoms with Crippen LogP contribution in [0.3, 0.4) is 0 Å². The number of hydrogen-bond acceptors (Lipinski definition) is 2. The molecule has 0 saturated heterocycles. The molecule has 2 aromatic rings. The van der Waals surface area contributed by atoms with Crippen molar-refractivity contribution < 1.29 is 18.0 Å². The molecule has 0 radical (unpaired) electrons. The molecule has 0 aliphatic carbocycles. The van der Waals surface area contributed by atoms with Gasteiger partial charge in [-0.15, -0.1) is 0 Å². The molecule has 1 aromatic heterocycles. The summed E-state index contributed by atoms with van der Waals surface area (Å²) in [5.74, 6) is 0. The van der Waals surface area contributed by atoms with Gasteiger partial charge in [0, 0.05) is 11.8 Å². The molecule has 0 aliphatic heterocycles. The zero-order valence-corrected chi connectivity index (χ0v) is 9.11. The van der Waals surface area contributed by atoms with Gasteiger partial charge in [0.05, 0.1) is 5.56 Å². The summed E-state index contributed by atoms with van der Waals surface area (Å²) in [6.07, 6.45) is -3.15. The normalized spacial score (nSPS) is 11.3. The topological polar surface area (TPSA) is 30.0 Å². The minimum absolute atomic E-state index is 0.0336. The van der Waals surface area contributed by atoms with E-state index in [1.807, 2.05) is 0 Å². The lowest BCUT2D eigenvalue weighted by molar-refractivity contribution is -0.137. The van der Waals surface area contributed by atoms with Crippen LogP contribution in [0.25, 0.3) is 11.1 Å². The number of alkyl halides is 3. The molecule has 0 atom stereocenters. The number of aromatic nitrogens is 1. The highest BCUT2D eigenvalue weighted by atomic mass is 19.4. The first-order chi connectivity index (χ1) is 8.52. The van der Waals surface area contributed by atoms with Gasteiger partial charge in [0.25, 0.3) is 0 Å². The maximum atomic E-state index is 12.9. The number of pyridine rings is 1. The Labute approximate surface area is 101 Å². The Kier molecular flexibility index (Phi) is 3.14. The average molecular weight is 251 g/mol. The van der Waals surface area contributed by atoms with E-state index in [0.717, 1.165) is 12.3 Å². The standard InChI is InChI=1S/C13H8F3NO/c14-13(15,16)12-6-10(8-18)17-7-11(12)9-4-2-1-3-5-9/h1-8H. The van der Waals surface area contributed by atoms with Crippen LogP contribution in [0.1, 0.15) is 16.1 Å². The molecular weight excluding hydrogens is 243 g/mol. The first-order valence-corrected chi connectivity index (χ1v) is 5.10. The molecule has 2 nitrogen and oxygen atoms in total. The van der Waals surface area contributed by atoms with Crippen LogP contribution in [-0.4, -0.2) is 11.3 Å². The van der Waals surface area contributed by atoms with E-state index in [4.69, 9.17) is 0 Å². The van der Waals surface area contributed by atoms with Crippen LogP contribution in [0.4, 0.5) is 13.2 Å². The van der Waals surface area contributed by atoms with E-state index in [-0.39, 0.29) is 11.3 Å². The van der Waals surface area contributed by atoms with E-state index in [1.165, 1.54) is 0 Å². The first-order valence-electron chi connectivity index (χ1n) is 5.10. The fourth-order valence-electron chi connectivity index (χ4n) is 1.62. The summed E-state index contributed by atoms with van der Waals surface area (Å²) in [5.41, 5.74) is -0.712. The molecule has 0 aliphatic rings. The van der Waals surface area contributed by atoms with Gasteiger partial charge in [-0.25, -0.2) is 0 Å². The fraction of sp³-hybridized carbons (Fsp3) is 0.0769. The molecule has 2 rings (SSSR count). The molecular formula is C13H8F3NO. The van der Waals surface area contributed by atoms with Crippen LogP contribution in [-0.2, 0) is 6.18 Å². The Morgan fingerprint density at radius 1 is 1.11 bits per heavy atom. The van der Waals surface area contributed by atoms with Crippen LogP contribution in [0, 0.1) is 0 Å². The Bertz CT molecular complexity index is 564. The fourth-order valence-corrected chi connectivity index (χ4v) is 1.62. The molecule has 1 aromatic carbocycles. The third-order valence-corrected chi connectivity index (χ3v) is 2.44. The van der Waals surface area contributed by atoms with Gasteiger partial charge < -0.3 is 0 Å². The lowest BCUT2D eigenvalue weighted by Crippen LogP contribution is -2.09. The van der Waals surface area contributed by atoms with E-state index in [1.54, 1.807) is 30.3 Å².